The maximum atomic E-state index is 12.4. The van der Waals surface area contributed by atoms with Crippen molar-refractivity contribution in [2.75, 3.05) is 5.32 Å². The topological polar surface area (TPSA) is 38.3 Å². The van der Waals surface area contributed by atoms with Crippen LogP contribution >= 0.6 is 15.9 Å². The number of ether oxygens (including phenoxy) is 1. The van der Waals surface area contributed by atoms with Crippen molar-refractivity contribution >= 4 is 27.5 Å². The van der Waals surface area contributed by atoms with E-state index >= 15 is 0 Å². The lowest BCUT2D eigenvalue weighted by molar-refractivity contribution is -0.121. The molecule has 4 unspecified atom stereocenters. The molecule has 4 heteroatoms. The summed E-state index contributed by atoms with van der Waals surface area (Å²) in [5, 5.41) is 3.76. The maximum Gasteiger partial charge on any atom is 0.230 e. The zero-order valence-corrected chi connectivity index (χ0v) is 13.1. The van der Waals surface area contributed by atoms with Crippen LogP contribution < -0.4 is 5.32 Å². The summed E-state index contributed by atoms with van der Waals surface area (Å²) in [6, 6.07) is 7.84. The number of hydrogen-bond donors (Lipinski definition) is 1. The molecule has 1 saturated heterocycles. The normalized spacial score (nSPS) is 30.3. The molecule has 1 aromatic rings. The molecule has 1 aliphatic heterocycles. The largest absolute Gasteiger partial charge is 0.374 e. The SMILES string of the molecule is CC1OC(C)C(C(=O)Nc2ccccc2CBr)C1C. The van der Waals surface area contributed by atoms with Crippen molar-refractivity contribution in [3.63, 3.8) is 0 Å². The number of anilines is 1. The van der Waals surface area contributed by atoms with Crippen molar-refractivity contribution in [1.29, 1.82) is 0 Å². The van der Waals surface area contributed by atoms with E-state index in [2.05, 4.69) is 28.2 Å². The zero-order valence-electron chi connectivity index (χ0n) is 11.5. The molecular formula is C15H20BrNO2. The Hall–Kier alpha value is -0.870. The molecule has 1 fully saturated rings. The van der Waals surface area contributed by atoms with Gasteiger partial charge in [0.05, 0.1) is 18.1 Å². The summed E-state index contributed by atoms with van der Waals surface area (Å²) in [5.74, 6) is 0.210. The molecule has 1 N–H and O–H groups in total. The van der Waals surface area contributed by atoms with Gasteiger partial charge in [-0.25, -0.2) is 0 Å². The Labute approximate surface area is 122 Å². The minimum absolute atomic E-state index is 0.0267. The van der Waals surface area contributed by atoms with Gasteiger partial charge in [0.15, 0.2) is 0 Å². The molecule has 0 aliphatic carbocycles. The number of nitrogens with one attached hydrogen (secondary N) is 1. The number of rotatable bonds is 3. The molecule has 0 saturated carbocycles. The van der Waals surface area contributed by atoms with Crippen molar-refractivity contribution in [1.82, 2.24) is 0 Å². The molecular weight excluding hydrogens is 306 g/mol. The monoisotopic (exact) mass is 325 g/mol. The summed E-state index contributed by atoms with van der Waals surface area (Å²) in [5.41, 5.74) is 1.96. The Morgan fingerprint density at radius 1 is 1.26 bits per heavy atom. The van der Waals surface area contributed by atoms with Crippen molar-refractivity contribution in [3.8, 4) is 0 Å². The van der Waals surface area contributed by atoms with Crippen molar-refractivity contribution < 1.29 is 9.53 Å². The van der Waals surface area contributed by atoms with E-state index in [0.717, 1.165) is 16.6 Å². The van der Waals surface area contributed by atoms with Gasteiger partial charge < -0.3 is 10.1 Å². The van der Waals surface area contributed by atoms with E-state index in [4.69, 9.17) is 4.74 Å². The van der Waals surface area contributed by atoms with Gasteiger partial charge in [0.25, 0.3) is 0 Å². The molecule has 0 spiro atoms. The summed E-state index contributed by atoms with van der Waals surface area (Å²) < 4.78 is 5.73. The van der Waals surface area contributed by atoms with Gasteiger partial charge in [-0.1, -0.05) is 41.1 Å². The van der Waals surface area contributed by atoms with Crippen LogP contribution in [-0.2, 0) is 14.9 Å². The quantitative estimate of drug-likeness (QED) is 0.862. The maximum absolute atomic E-state index is 12.4. The number of alkyl halides is 1. The number of amides is 1. The second kappa shape index (κ2) is 6.06. The molecule has 0 radical (unpaired) electrons. The molecule has 19 heavy (non-hydrogen) atoms. The Bertz CT molecular complexity index is 463. The minimum atomic E-state index is -0.0848. The van der Waals surface area contributed by atoms with Crippen LogP contribution in [0.3, 0.4) is 0 Å². The number of halogens is 1. The van der Waals surface area contributed by atoms with E-state index in [1.807, 2.05) is 38.1 Å². The van der Waals surface area contributed by atoms with Gasteiger partial charge in [-0.2, -0.15) is 0 Å². The first-order valence-electron chi connectivity index (χ1n) is 6.64. The van der Waals surface area contributed by atoms with E-state index in [1.165, 1.54) is 0 Å². The molecule has 1 heterocycles. The second-order valence-electron chi connectivity index (χ2n) is 5.21. The Balaban J connectivity index is 2.13. The number of hydrogen-bond acceptors (Lipinski definition) is 2. The second-order valence-corrected chi connectivity index (χ2v) is 5.77. The highest BCUT2D eigenvalue weighted by molar-refractivity contribution is 9.08. The van der Waals surface area contributed by atoms with Gasteiger partial charge >= 0.3 is 0 Å². The summed E-state index contributed by atoms with van der Waals surface area (Å²) in [6.45, 7) is 6.08. The van der Waals surface area contributed by atoms with E-state index in [1.54, 1.807) is 0 Å². The molecule has 4 atom stereocenters. The Morgan fingerprint density at radius 2 is 1.95 bits per heavy atom. The third kappa shape index (κ3) is 3.00. The Morgan fingerprint density at radius 3 is 2.53 bits per heavy atom. The smallest absolute Gasteiger partial charge is 0.230 e. The molecule has 1 amide bonds. The zero-order chi connectivity index (χ0) is 14.0. The lowest BCUT2D eigenvalue weighted by Gasteiger charge is -2.19. The molecule has 0 aromatic heterocycles. The van der Waals surface area contributed by atoms with Crippen LogP contribution in [0.15, 0.2) is 24.3 Å². The molecule has 2 rings (SSSR count). The first kappa shape index (κ1) is 14.5. The van der Waals surface area contributed by atoms with Crippen LogP contribution in [0.2, 0.25) is 0 Å². The lowest BCUT2D eigenvalue weighted by Crippen LogP contribution is -2.32. The van der Waals surface area contributed by atoms with E-state index in [-0.39, 0.29) is 30.0 Å². The van der Waals surface area contributed by atoms with E-state index in [0.29, 0.717) is 0 Å². The fraction of sp³-hybridized carbons (Fsp3) is 0.533. The van der Waals surface area contributed by atoms with Gasteiger partial charge in [0.1, 0.15) is 0 Å². The standard InChI is InChI=1S/C15H20BrNO2/c1-9-10(2)19-11(3)14(9)15(18)17-13-7-5-4-6-12(13)8-16/h4-7,9-11,14H,8H2,1-3H3,(H,17,18). The minimum Gasteiger partial charge on any atom is -0.374 e. The van der Waals surface area contributed by atoms with Gasteiger partial charge in [0.2, 0.25) is 5.91 Å². The fourth-order valence-electron chi connectivity index (χ4n) is 2.69. The van der Waals surface area contributed by atoms with Gasteiger partial charge in [-0.3, -0.25) is 4.79 Å². The average Bonchev–Trinajstić information content (AvgIpc) is 2.64. The van der Waals surface area contributed by atoms with E-state index in [9.17, 15) is 4.79 Å². The van der Waals surface area contributed by atoms with Crippen molar-refractivity contribution in [2.24, 2.45) is 11.8 Å². The average molecular weight is 326 g/mol. The van der Waals surface area contributed by atoms with E-state index < -0.39 is 0 Å². The molecule has 104 valence electrons. The summed E-state index contributed by atoms with van der Waals surface area (Å²) in [7, 11) is 0. The number of carbonyl (C=O) groups is 1. The summed E-state index contributed by atoms with van der Waals surface area (Å²) in [6.07, 6.45) is 0.110. The Kier molecular flexibility index (Phi) is 4.63. The van der Waals surface area contributed by atoms with Crippen LogP contribution in [0.4, 0.5) is 5.69 Å². The van der Waals surface area contributed by atoms with Gasteiger partial charge in [-0.05, 0) is 31.4 Å². The third-order valence-electron chi connectivity index (χ3n) is 3.96. The van der Waals surface area contributed by atoms with Crippen LogP contribution in [-0.4, -0.2) is 18.1 Å². The predicted octanol–water partition coefficient (Wildman–Crippen LogP) is 3.58. The number of carbonyl (C=O) groups excluding carboxylic acids is 1. The van der Waals surface area contributed by atoms with Gasteiger partial charge in [0, 0.05) is 11.0 Å². The van der Waals surface area contributed by atoms with Crippen LogP contribution in [0.5, 0.6) is 0 Å². The van der Waals surface area contributed by atoms with Crippen LogP contribution in [0, 0.1) is 11.8 Å². The highest BCUT2D eigenvalue weighted by Crippen LogP contribution is 2.33. The molecule has 1 aliphatic rings. The van der Waals surface area contributed by atoms with Crippen LogP contribution in [0.1, 0.15) is 26.3 Å². The first-order chi connectivity index (χ1) is 9.04. The number of para-hydroxylation sites is 1. The van der Waals surface area contributed by atoms with Crippen molar-refractivity contribution in [3.05, 3.63) is 29.8 Å². The van der Waals surface area contributed by atoms with Gasteiger partial charge in [-0.15, -0.1) is 0 Å². The molecule has 3 nitrogen and oxygen atoms in total. The third-order valence-corrected chi connectivity index (χ3v) is 4.57. The number of benzene rings is 1. The summed E-state index contributed by atoms with van der Waals surface area (Å²) >= 11 is 3.44. The first-order valence-corrected chi connectivity index (χ1v) is 7.77. The molecule has 1 aromatic carbocycles. The predicted molar refractivity (Wildman–Crippen MR) is 80.4 cm³/mol. The molecule has 0 bridgehead atoms. The highest BCUT2D eigenvalue weighted by atomic mass is 79.9. The summed E-state index contributed by atoms with van der Waals surface area (Å²) in [4.78, 5) is 12.4. The van der Waals surface area contributed by atoms with Crippen LogP contribution in [0.25, 0.3) is 0 Å². The highest BCUT2D eigenvalue weighted by Gasteiger charge is 2.41. The fourth-order valence-corrected chi connectivity index (χ4v) is 3.18. The van der Waals surface area contributed by atoms with Crippen molar-refractivity contribution in [2.45, 2.75) is 38.3 Å². The lowest BCUT2D eigenvalue weighted by atomic mass is 9.88.